The first kappa shape index (κ1) is 15.5. The molecule has 1 saturated heterocycles. The molecule has 0 unspecified atom stereocenters. The van der Waals surface area contributed by atoms with Crippen molar-refractivity contribution in [2.24, 2.45) is 0 Å². The predicted molar refractivity (Wildman–Crippen MR) is 77.4 cm³/mol. The number of benzene rings is 1. The van der Waals surface area contributed by atoms with Crippen molar-refractivity contribution in [3.05, 3.63) is 29.3 Å². The van der Waals surface area contributed by atoms with Crippen LogP contribution in [0.5, 0.6) is 0 Å². The molecular weight excluding hydrogens is 278 g/mol. The van der Waals surface area contributed by atoms with Gasteiger partial charge in [0, 0.05) is 31.3 Å². The molecule has 1 aromatic rings. The number of anilines is 2. The summed E-state index contributed by atoms with van der Waals surface area (Å²) in [4.78, 5) is 12.3. The smallest absolute Gasteiger partial charge is 0.151 e. The van der Waals surface area contributed by atoms with Gasteiger partial charge in [-0.05, 0) is 19.4 Å². The Morgan fingerprint density at radius 3 is 2.76 bits per heavy atom. The van der Waals surface area contributed by atoms with Crippen molar-refractivity contribution in [2.75, 3.05) is 43.1 Å². The molecule has 4 nitrogen and oxygen atoms in total. The lowest BCUT2D eigenvalue weighted by Gasteiger charge is -2.31. The number of halogens is 2. The van der Waals surface area contributed by atoms with Crippen LogP contribution >= 0.6 is 0 Å². The number of nitrogens with zero attached hydrogens (tertiary/aromatic N) is 1. The Balaban J connectivity index is 2.19. The summed E-state index contributed by atoms with van der Waals surface area (Å²) in [6, 6.07) is 2.15. The minimum Gasteiger partial charge on any atom is -0.383 e. The molecule has 0 spiro atoms. The molecule has 2 rings (SSSR count). The Kier molecular flexibility index (Phi) is 5.31. The molecule has 0 atom stereocenters. The highest BCUT2D eigenvalue weighted by Gasteiger charge is 2.20. The van der Waals surface area contributed by atoms with Gasteiger partial charge in [0.25, 0.3) is 0 Å². The third-order valence-corrected chi connectivity index (χ3v) is 3.35. The molecular formula is C15H18F2N2O2. The molecule has 1 aliphatic heterocycles. The highest BCUT2D eigenvalue weighted by atomic mass is 19.1. The third-order valence-electron chi connectivity index (χ3n) is 3.35. The molecule has 0 saturated carbocycles. The van der Waals surface area contributed by atoms with E-state index in [1.54, 1.807) is 12.9 Å². The van der Waals surface area contributed by atoms with Crippen molar-refractivity contribution in [2.45, 2.75) is 13.3 Å². The fourth-order valence-corrected chi connectivity index (χ4v) is 2.24. The van der Waals surface area contributed by atoms with Crippen LogP contribution in [0.4, 0.5) is 20.2 Å². The Bertz CT molecular complexity index is 551. The van der Waals surface area contributed by atoms with Crippen LogP contribution in [-0.2, 0) is 9.53 Å². The van der Waals surface area contributed by atoms with Gasteiger partial charge in [0.1, 0.15) is 11.8 Å². The van der Waals surface area contributed by atoms with E-state index in [-0.39, 0.29) is 0 Å². The first-order valence-corrected chi connectivity index (χ1v) is 6.88. The van der Waals surface area contributed by atoms with Gasteiger partial charge in [-0.1, -0.05) is 0 Å². The zero-order valence-electron chi connectivity index (χ0n) is 11.9. The highest BCUT2D eigenvalue weighted by Crippen LogP contribution is 2.31. The molecule has 1 fully saturated rings. The lowest BCUT2D eigenvalue weighted by Crippen LogP contribution is -2.37. The SMILES string of the molecule is CC(=C=O)CCNc1cc(F)cc(F)c1N1CCOCC1. The number of ether oxygens (including phenoxy) is 1. The van der Waals surface area contributed by atoms with Crippen molar-refractivity contribution < 1.29 is 18.3 Å². The Hall–Kier alpha value is -1.91. The molecule has 1 heterocycles. The topological polar surface area (TPSA) is 41.6 Å². The lowest BCUT2D eigenvalue weighted by molar-refractivity contribution is 0.122. The number of rotatable bonds is 5. The fourth-order valence-electron chi connectivity index (χ4n) is 2.24. The van der Waals surface area contributed by atoms with E-state index in [1.807, 2.05) is 4.90 Å². The molecule has 21 heavy (non-hydrogen) atoms. The largest absolute Gasteiger partial charge is 0.383 e. The monoisotopic (exact) mass is 296 g/mol. The summed E-state index contributed by atoms with van der Waals surface area (Å²) in [6.07, 6.45) is 0.476. The number of hydrogen-bond acceptors (Lipinski definition) is 4. The molecule has 0 aromatic heterocycles. The van der Waals surface area contributed by atoms with Crippen LogP contribution in [0.1, 0.15) is 13.3 Å². The van der Waals surface area contributed by atoms with Gasteiger partial charge in [0.15, 0.2) is 5.82 Å². The van der Waals surface area contributed by atoms with Gasteiger partial charge in [-0.25, -0.2) is 13.6 Å². The second kappa shape index (κ2) is 7.20. The molecule has 0 bridgehead atoms. The molecule has 0 aliphatic carbocycles. The van der Waals surface area contributed by atoms with E-state index in [2.05, 4.69) is 5.32 Å². The predicted octanol–water partition coefficient (Wildman–Crippen LogP) is 2.38. The van der Waals surface area contributed by atoms with E-state index >= 15 is 0 Å². The first-order valence-electron chi connectivity index (χ1n) is 6.88. The molecule has 0 radical (unpaired) electrons. The van der Waals surface area contributed by atoms with Gasteiger partial charge in [0.05, 0.1) is 24.6 Å². The molecule has 114 valence electrons. The van der Waals surface area contributed by atoms with Crippen LogP contribution in [0.2, 0.25) is 0 Å². The number of nitrogens with one attached hydrogen (secondary N) is 1. The van der Waals surface area contributed by atoms with E-state index < -0.39 is 11.6 Å². The normalized spacial score (nSPS) is 14.7. The Morgan fingerprint density at radius 2 is 2.10 bits per heavy atom. The third kappa shape index (κ3) is 4.03. The summed E-state index contributed by atoms with van der Waals surface area (Å²) >= 11 is 0. The quantitative estimate of drug-likeness (QED) is 0.847. The number of carbonyl (C=O) groups excluding carboxylic acids is 1. The van der Waals surface area contributed by atoms with Crippen molar-refractivity contribution in [1.29, 1.82) is 0 Å². The lowest BCUT2D eigenvalue weighted by atomic mass is 10.2. The van der Waals surface area contributed by atoms with E-state index in [1.165, 1.54) is 6.07 Å². The van der Waals surface area contributed by atoms with Crippen LogP contribution in [-0.4, -0.2) is 38.8 Å². The molecule has 6 heteroatoms. The van der Waals surface area contributed by atoms with Crippen molar-refractivity contribution in [1.82, 2.24) is 0 Å². The van der Waals surface area contributed by atoms with Crippen molar-refractivity contribution >= 4 is 17.3 Å². The fraction of sp³-hybridized carbons (Fsp3) is 0.467. The van der Waals surface area contributed by atoms with E-state index in [9.17, 15) is 13.6 Å². The Labute approximate surface area is 122 Å². The van der Waals surface area contributed by atoms with Gasteiger partial charge >= 0.3 is 0 Å². The average Bonchev–Trinajstić information content (AvgIpc) is 2.47. The number of morpholine rings is 1. The standard InChI is InChI=1S/C15H18F2N2O2/c1-11(10-20)2-3-18-14-9-12(16)8-13(17)15(14)19-4-6-21-7-5-19/h8-9,18H,2-7H2,1H3. The number of hydrogen-bond donors (Lipinski definition) is 1. The van der Waals surface area contributed by atoms with Gasteiger partial charge in [-0.2, -0.15) is 0 Å². The molecule has 1 aromatic carbocycles. The molecule has 1 aliphatic rings. The Morgan fingerprint density at radius 1 is 1.38 bits per heavy atom. The molecule has 1 N–H and O–H groups in total. The average molecular weight is 296 g/mol. The zero-order chi connectivity index (χ0) is 15.2. The minimum absolute atomic E-state index is 0.354. The second-order valence-electron chi connectivity index (χ2n) is 4.94. The van der Waals surface area contributed by atoms with E-state index in [4.69, 9.17) is 4.74 Å². The summed E-state index contributed by atoms with van der Waals surface area (Å²) in [5, 5.41) is 3.00. The zero-order valence-corrected chi connectivity index (χ0v) is 11.9. The van der Waals surface area contributed by atoms with E-state index in [0.29, 0.717) is 56.2 Å². The first-order chi connectivity index (χ1) is 10.1. The van der Waals surface area contributed by atoms with Gasteiger partial charge < -0.3 is 15.0 Å². The summed E-state index contributed by atoms with van der Waals surface area (Å²) in [5.74, 6) is 0.578. The van der Waals surface area contributed by atoms with Crippen LogP contribution in [0.15, 0.2) is 17.7 Å². The van der Waals surface area contributed by atoms with Crippen LogP contribution < -0.4 is 10.2 Å². The maximum Gasteiger partial charge on any atom is 0.151 e. The summed E-state index contributed by atoms with van der Waals surface area (Å²) < 4.78 is 32.8. The summed E-state index contributed by atoms with van der Waals surface area (Å²) in [6.45, 7) is 4.24. The second-order valence-corrected chi connectivity index (χ2v) is 4.94. The highest BCUT2D eigenvalue weighted by molar-refractivity contribution is 5.71. The van der Waals surface area contributed by atoms with Crippen molar-refractivity contribution in [3.8, 4) is 0 Å². The van der Waals surface area contributed by atoms with E-state index in [0.717, 1.165) is 6.07 Å². The maximum atomic E-state index is 14.1. The van der Waals surface area contributed by atoms with Gasteiger partial charge in [-0.3, -0.25) is 0 Å². The van der Waals surface area contributed by atoms with Gasteiger partial charge in [-0.15, -0.1) is 0 Å². The summed E-state index contributed by atoms with van der Waals surface area (Å²) in [5.41, 5.74) is 1.31. The van der Waals surface area contributed by atoms with Crippen LogP contribution in [0.3, 0.4) is 0 Å². The minimum atomic E-state index is -0.630. The summed E-state index contributed by atoms with van der Waals surface area (Å²) in [7, 11) is 0. The van der Waals surface area contributed by atoms with Crippen LogP contribution in [0.25, 0.3) is 0 Å². The van der Waals surface area contributed by atoms with Crippen LogP contribution in [0, 0.1) is 11.6 Å². The van der Waals surface area contributed by atoms with Gasteiger partial charge in [0.2, 0.25) is 0 Å². The van der Waals surface area contributed by atoms with Crippen molar-refractivity contribution in [3.63, 3.8) is 0 Å². The maximum absolute atomic E-state index is 14.1. The molecule has 0 amide bonds.